The zero-order valence-electron chi connectivity index (χ0n) is 7.22. The zero-order valence-corrected chi connectivity index (χ0v) is 8.81. The summed E-state index contributed by atoms with van der Waals surface area (Å²) in [5.74, 6) is 0. The SMILES string of the molecule is CCCCN(CCO)CCBr. The lowest BCUT2D eigenvalue weighted by atomic mass is 10.3. The molecule has 0 saturated heterocycles. The Labute approximate surface area is 77.7 Å². The Morgan fingerprint density at radius 2 is 2.00 bits per heavy atom. The van der Waals surface area contributed by atoms with E-state index >= 15 is 0 Å². The first-order valence-electron chi connectivity index (χ1n) is 4.24. The van der Waals surface area contributed by atoms with E-state index in [4.69, 9.17) is 5.11 Å². The highest BCUT2D eigenvalue weighted by molar-refractivity contribution is 9.09. The zero-order chi connectivity index (χ0) is 8.53. The minimum absolute atomic E-state index is 0.275. The molecule has 0 spiro atoms. The van der Waals surface area contributed by atoms with Gasteiger partial charge in [-0.05, 0) is 13.0 Å². The molecule has 2 nitrogen and oxygen atoms in total. The quantitative estimate of drug-likeness (QED) is 0.662. The smallest absolute Gasteiger partial charge is 0.0558 e. The topological polar surface area (TPSA) is 23.5 Å². The van der Waals surface area contributed by atoms with E-state index in [9.17, 15) is 0 Å². The summed E-state index contributed by atoms with van der Waals surface area (Å²) in [6.07, 6.45) is 2.46. The van der Waals surface area contributed by atoms with Gasteiger partial charge in [0.25, 0.3) is 0 Å². The molecular weight excluding hydrogens is 206 g/mol. The van der Waals surface area contributed by atoms with Gasteiger partial charge in [-0.15, -0.1) is 0 Å². The standard InChI is InChI=1S/C8H18BrNO/c1-2-3-5-10(6-4-9)7-8-11/h11H,2-8H2,1H3. The number of halogens is 1. The molecule has 68 valence electrons. The minimum Gasteiger partial charge on any atom is -0.395 e. The molecule has 0 aromatic heterocycles. The average molecular weight is 224 g/mol. The molecule has 0 amide bonds. The molecule has 0 unspecified atom stereocenters. The second-order valence-corrected chi connectivity index (χ2v) is 3.40. The van der Waals surface area contributed by atoms with Crippen LogP contribution in [-0.4, -0.2) is 41.6 Å². The van der Waals surface area contributed by atoms with Gasteiger partial charge in [0.2, 0.25) is 0 Å². The van der Waals surface area contributed by atoms with Crippen LogP contribution in [-0.2, 0) is 0 Å². The molecule has 0 fully saturated rings. The van der Waals surface area contributed by atoms with Gasteiger partial charge in [0.05, 0.1) is 6.61 Å². The number of aliphatic hydroxyl groups excluding tert-OH is 1. The van der Waals surface area contributed by atoms with E-state index < -0.39 is 0 Å². The third-order valence-electron chi connectivity index (χ3n) is 1.64. The fraction of sp³-hybridized carbons (Fsp3) is 1.00. The van der Waals surface area contributed by atoms with Gasteiger partial charge in [-0.1, -0.05) is 29.3 Å². The number of nitrogens with zero attached hydrogens (tertiary/aromatic N) is 1. The molecule has 0 rings (SSSR count). The molecule has 0 heterocycles. The van der Waals surface area contributed by atoms with E-state index in [1.807, 2.05) is 0 Å². The summed E-state index contributed by atoms with van der Waals surface area (Å²) >= 11 is 3.39. The monoisotopic (exact) mass is 223 g/mol. The van der Waals surface area contributed by atoms with Crippen LogP contribution in [0.5, 0.6) is 0 Å². The normalized spacial score (nSPS) is 10.9. The Hall–Kier alpha value is 0.400. The van der Waals surface area contributed by atoms with Gasteiger partial charge in [0.1, 0.15) is 0 Å². The molecule has 0 saturated carbocycles. The summed E-state index contributed by atoms with van der Waals surface area (Å²) in [6, 6.07) is 0. The van der Waals surface area contributed by atoms with Crippen LogP contribution in [0.15, 0.2) is 0 Å². The Morgan fingerprint density at radius 1 is 1.27 bits per heavy atom. The number of rotatable bonds is 7. The van der Waals surface area contributed by atoms with Gasteiger partial charge in [-0.3, -0.25) is 0 Å². The van der Waals surface area contributed by atoms with Gasteiger partial charge in [0, 0.05) is 18.4 Å². The lowest BCUT2D eigenvalue weighted by Crippen LogP contribution is -2.29. The summed E-state index contributed by atoms with van der Waals surface area (Å²) in [5, 5.41) is 9.70. The fourth-order valence-corrected chi connectivity index (χ4v) is 1.48. The van der Waals surface area contributed by atoms with Crippen LogP contribution in [0.2, 0.25) is 0 Å². The van der Waals surface area contributed by atoms with Crippen molar-refractivity contribution < 1.29 is 5.11 Å². The van der Waals surface area contributed by atoms with Crippen molar-refractivity contribution in [2.75, 3.05) is 31.6 Å². The summed E-state index contributed by atoms with van der Waals surface area (Å²) in [6.45, 7) is 5.43. The highest BCUT2D eigenvalue weighted by Crippen LogP contribution is 1.95. The highest BCUT2D eigenvalue weighted by Gasteiger charge is 2.00. The molecule has 3 heteroatoms. The maximum atomic E-state index is 8.71. The van der Waals surface area contributed by atoms with Crippen LogP contribution in [0.1, 0.15) is 19.8 Å². The van der Waals surface area contributed by atoms with Crippen molar-refractivity contribution in [2.24, 2.45) is 0 Å². The van der Waals surface area contributed by atoms with Crippen molar-refractivity contribution in [3.63, 3.8) is 0 Å². The van der Waals surface area contributed by atoms with Crippen molar-refractivity contribution in [3.8, 4) is 0 Å². The van der Waals surface area contributed by atoms with Gasteiger partial charge >= 0.3 is 0 Å². The molecule has 0 aliphatic heterocycles. The van der Waals surface area contributed by atoms with E-state index in [-0.39, 0.29) is 6.61 Å². The second kappa shape index (κ2) is 8.50. The van der Waals surface area contributed by atoms with E-state index in [0.29, 0.717) is 0 Å². The van der Waals surface area contributed by atoms with Crippen molar-refractivity contribution in [1.82, 2.24) is 4.90 Å². The van der Waals surface area contributed by atoms with Crippen LogP contribution in [0.4, 0.5) is 0 Å². The molecular formula is C8H18BrNO. The molecule has 0 bridgehead atoms. The van der Waals surface area contributed by atoms with E-state index in [0.717, 1.165) is 25.0 Å². The van der Waals surface area contributed by atoms with Crippen molar-refractivity contribution in [1.29, 1.82) is 0 Å². The first-order valence-corrected chi connectivity index (χ1v) is 5.36. The summed E-state index contributed by atoms with van der Waals surface area (Å²) in [4.78, 5) is 2.28. The Kier molecular flexibility index (Phi) is 8.81. The van der Waals surface area contributed by atoms with Gasteiger partial charge in [-0.25, -0.2) is 0 Å². The molecule has 0 aliphatic rings. The van der Waals surface area contributed by atoms with Crippen LogP contribution >= 0.6 is 15.9 Å². The largest absolute Gasteiger partial charge is 0.395 e. The Balaban J connectivity index is 3.34. The Morgan fingerprint density at radius 3 is 2.45 bits per heavy atom. The Bertz CT molecular complexity index is 74.5. The first kappa shape index (κ1) is 11.4. The number of aliphatic hydroxyl groups is 1. The fourth-order valence-electron chi connectivity index (χ4n) is 0.978. The summed E-state index contributed by atoms with van der Waals surface area (Å²) in [7, 11) is 0. The van der Waals surface area contributed by atoms with E-state index in [1.165, 1.54) is 12.8 Å². The second-order valence-electron chi connectivity index (χ2n) is 2.61. The van der Waals surface area contributed by atoms with Gasteiger partial charge in [-0.2, -0.15) is 0 Å². The predicted molar refractivity (Wildman–Crippen MR) is 52.2 cm³/mol. The van der Waals surface area contributed by atoms with Gasteiger partial charge < -0.3 is 10.0 Å². The lowest BCUT2D eigenvalue weighted by molar-refractivity contribution is 0.201. The molecule has 0 atom stereocenters. The van der Waals surface area contributed by atoms with E-state index in [1.54, 1.807) is 0 Å². The van der Waals surface area contributed by atoms with Gasteiger partial charge in [0.15, 0.2) is 0 Å². The number of hydrogen-bond donors (Lipinski definition) is 1. The minimum atomic E-state index is 0.275. The van der Waals surface area contributed by atoms with Crippen LogP contribution in [0, 0.1) is 0 Å². The molecule has 0 aliphatic carbocycles. The van der Waals surface area contributed by atoms with E-state index in [2.05, 4.69) is 27.8 Å². The molecule has 0 aromatic rings. The third kappa shape index (κ3) is 6.78. The maximum Gasteiger partial charge on any atom is 0.0558 e. The average Bonchev–Trinajstić information content (AvgIpc) is 2.01. The first-order chi connectivity index (χ1) is 5.35. The molecule has 0 aromatic carbocycles. The van der Waals surface area contributed by atoms with Crippen LogP contribution in [0.25, 0.3) is 0 Å². The van der Waals surface area contributed by atoms with Crippen molar-refractivity contribution >= 4 is 15.9 Å². The number of unbranched alkanes of at least 4 members (excludes halogenated alkanes) is 1. The summed E-state index contributed by atoms with van der Waals surface area (Å²) < 4.78 is 0. The van der Waals surface area contributed by atoms with Crippen LogP contribution < -0.4 is 0 Å². The van der Waals surface area contributed by atoms with Crippen molar-refractivity contribution in [3.05, 3.63) is 0 Å². The number of hydrogen-bond acceptors (Lipinski definition) is 2. The lowest BCUT2D eigenvalue weighted by Gasteiger charge is -2.19. The van der Waals surface area contributed by atoms with Crippen LogP contribution in [0.3, 0.4) is 0 Å². The molecule has 1 N–H and O–H groups in total. The number of alkyl halides is 1. The third-order valence-corrected chi connectivity index (χ3v) is 2.00. The maximum absolute atomic E-state index is 8.71. The van der Waals surface area contributed by atoms with Crippen molar-refractivity contribution in [2.45, 2.75) is 19.8 Å². The molecule has 0 radical (unpaired) electrons. The molecule has 11 heavy (non-hydrogen) atoms. The predicted octanol–water partition coefficient (Wildman–Crippen LogP) is 1.48. The highest BCUT2D eigenvalue weighted by atomic mass is 79.9. The summed E-state index contributed by atoms with van der Waals surface area (Å²) in [5.41, 5.74) is 0.